The van der Waals surface area contributed by atoms with E-state index in [4.69, 9.17) is 5.26 Å². The number of nitrogens with one attached hydrogen (secondary N) is 1. The lowest BCUT2D eigenvalue weighted by Gasteiger charge is -2.19. The number of sulfonamides is 1. The summed E-state index contributed by atoms with van der Waals surface area (Å²) in [6.45, 7) is 3.12. The first-order chi connectivity index (χ1) is 12.4. The molecule has 1 N–H and O–H groups in total. The van der Waals surface area contributed by atoms with Crippen molar-refractivity contribution in [2.75, 3.05) is 17.8 Å². The van der Waals surface area contributed by atoms with E-state index in [9.17, 15) is 13.2 Å². The van der Waals surface area contributed by atoms with Crippen LogP contribution in [0.4, 0.5) is 5.69 Å². The monoisotopic (exact) mass is 369 g/mol. The highest BCUT2D eigenvalue weighted by atomic mass is 32.2. The molecule has 26 heavy (non-hydrogen) atoms. The van der Waals surface area contributed by atoms with Crippen LogP contribution in [0.2, 0.25) is 0 Å². The van der Waals surface area contributed by atoms with Gasteiger partial charge in [0.2, 0.25) is 0 Å². The second-order valence-corrected chi connectivity index (χ2v) is 7.92. The van der Waals surface area contributed by atoms with Crippen molar-refractivity contribution in [1.29, 1.82) is 5.26 Å². The van der Waals surface area contributed by atoms with E-state index >= 15 is 0 Å². The van der Waals surface area contributed by atoms with Crippen molar-refractivity contribution in [2.45, 2.75) is 24.7 Å². The van der Waals surface area contributed by atoms with Gasteiger partial charge in [-0.2, -0.15) is 5.26 Å². The van der Waals surface area contributed by atoms with Gasteiger partial charge in [-0.25, -0.2) is 8.42 Å². The molecule has 1 fully saturated rings. The zero-order valence-electron chi connectivity index (χ0n) is 14.4. The zero-order valence-corrected chi connectivity index (χ0v) is 15.2. The third-order valence-electron chi connectivity index (χ3n) is 4.41. The van der Waals surface area contributed by atoms with Crippen LogP contribution in [0.15, 0.2) is 47.4 Å². The van der Waals surface area contributed by atoms with Crippen LogP contribution in [0.5, 0.6) is 0 Å². The van der Waals surface area contributed by atoms with Gasteiger partial charge in [0, 0.05) is 13.1 Å². The summed E-state index contributed by atoms with van der Waals surface area (Å²) in [6, 6.07) is 12.8. The Bertz CT molecular complexity index is 987. The Kier molecular flexibility index (Phi) is 4.96. The van der Waals surface area contributed by atoms with Crippen molar-refractivity contribution in [3.05, 3.63) is 59.2 Å². The quantitative estimate of drug-likeness (QED) is 0.897. The molecule has 1 aliphatic rings. The average Bonchev–Trinajstić information content (AvgIpc) is 3.17. The van der Waals surface area contributed by atoms with E-state index in [0.29, 0.717) is 24.2 Å². The number of carbonyl (C=O) groups excluding carboxylic acids is 1. The number of anilines is 1. The van der Waals surface area contributed by atoms with E-state index < -0.39 is 10.0 Å². The molecule has 1 amide bonds. The number of rotatable bonds is 4. The van der Waals surface area contributed by atoms with Gasteiger partial charge in [-0.3, -0.25) is 9.52 Å². The van der Waals surface area contributed by atoms with Crippen LogP contribution >= 0.6 is 0 Å². The fourth-order valence-electron chi connectivity index (χ4n) is 3.00. The fraction of sp³-hybridized carbons (Fsp3) is 0.263. The Hall–Kier alpha value is -2.85. The lowest BCUT2D eigenvalue weighted by molar-refractivity contribution is 0.0794. The highest BCUT2D eigenvalue weighted by Gasteiger charge is 2.25. The highest BCUT2D eigenvalue weighted by molar-refractivity contribution is 7.92. The molecule has 0 atom stereocenters. The number of para-hydroxylation sites is 1. The second-order valence-electron chi connectivity index (χ2n) is 6.24. The molecule has 1 heterocycles. The van der Waals surface area contributed by atoms with Crippen molar-refractivity contribution in [3.8, 4) is 6.07 Å². The summed E-state index contributed by atoms with van der Waals surface area (Å²) in [5, 5.41) is 8.98. The molecule has 0 aliphatic carbocycles. The van der Waals surface area contributed by atoms with E-state index in [0.717, 1.165) is 12.8 Å². The average molecular weight is 369 g/mol. The first-order valence-electron chi connectivity index (χ1n) is 8.34. The molecule has 0 radical (unpaired) electrons. The lowest BCUT2D eigenvalue weighted by atomic mass is 10.1. The molecule has 1 aliphatic heterocycles. The van der Waals surface area contributed by atoms with Crippen molar-refractivity contribution >= 4 is 21.6 Å². The molecule has 0 aromatic heterocycles. The molecule has 0 unspecified atom stereocenters. The summed E-state index contributed by atoms with van der Waals surface area (Å²) in [5.41, 5.74) is 1.54. The molecule has 0 saturated carbocycles. The molecule has 0 bridgehead atoms. The SMILES string of the molecule is Cc1cccc(C(=O)N2CCCC2)c1NS(=O)(=O)c1cccc(C#N)c1. The molecular weight excluding hydrogens is 350 g/mol. The molecule has 1 saturated heterocycles. The molecular formula is C19H19N3O3S. The van der Waals surface area contributed by atoms with Gasteiger partial charge < -0.3 is 4.90 Å². The van der Waals surface area contributed by atoms with E-state index in [2.05, 4.69) is 4.72 Å². The summed E-state index contributed by atoms with van der Waals surface area (Å²) in [6.07, 6.45) is 1.92. The molecule has 7 heteroatoms. The minimum Gasteiger partial charge on any atom is -0.339 e. The maximum absolute atomic E-state index is 12.8. The summed E-state index contributed by atoms with van der Waals surface area (Å²) in [4.78, 5) is 14.5. The summed E-state index contributed by atoms with van der Waals surface area (Å²) >= 11 is 0. The van der Waals surface area contributed by atoms with E-state index in [1.165, 1.54) is 24.3 Å². The number of aryl methyl sites for hydroxylation is 1. The van der Waals surface area contributed by atoms with E-state index in [1.54, 1.807) is 30.0 Å². The van der Waals surface area contributed by atoms with Gasteiger partial charge in [-0.15, -0.1) is 0 Å². The summed E-state index contributed by atoms with van der Waals surface area (Å²) in [7, 11) is -3.92. The number of benzene rings is 2. The van der Waals surface area contributed by atoms with Gasteiger partial charge in [0.25, 0.3) is 15.9 Å². The molecule has 6 nitrogen and oxygen atoms in total. The zero-order chi connectivity index (χ0) is 18.7. The Morgan fingerprint density at radius 2 is 1.85 bits per heavy atom. The number of hydrogen-bond donors (Lipinski definition) is 1. The van der Waals surface area contributed by atoms with Gasteiger partial charge in [0.05, 0.1) is 27.8 Å². The minimum absolute atomic E-state index is 0.0145. The van der Waals surface area contributed by atoms with Crippen LogP contribution < -0.4 is 4.72 Å². The number of likely N-dealkylation sites (tertiary alicyclic amines) is 1. The second kappa shape index (κ2) is 7.18. The Labute approximate surface area is 153 Å². The Morgan fingerprint density at radius 1 is 1.15 bits per heavy atom. The van der Waals surface area contributed by atoms with Gasteiger partial charge in [0.15, 0.2) is 0 Å². The molecule has 0 spiro atoms. The van der Waals surface area contributed by atoms with Gasteiger partial charge in [0.1, 0.15) is 0 Å². The van der Waals surface area contributed by atoms with Crippen molar-refractivity contribution in [1.82, 2.24) is 4.90 Å². The smallest absolute Gasteiger partial charge is 0.261 e. The number of nitriles is 1. The van der Waals surface area contributed by atoms with E-state index in [-0.39, 0.29) is 22.1 Å². The first kappa shape index (κ1) is 18.0. The molecule has 2 aromatic rings. The van der Waals surface area contributed by atoms with Gasteiger partial charge >= 0.3 is 0 Å². The minimum atomic E-state index is -3.92. The Morgan fingerprint density at radius 3 is 2.54 bits per heavy atom. The van der Waals surface area contributed by atoms with Crippen molar-refractivity contribution in [2.24, 2.45) is 0 Å². The van der Waals surface area contributed by atoms with Crippen molar-refractivity contribution < 1.29 is 13.2 Å². The largest absolute Gasteiger partial charge is 0.339 e. The van der Waals surface area contributed by atoms with Crippen LogP contribution in [-0.4, -0.2) is 32.3 Å². The highest BCUT2D eigenvalue weighted by Crippen LogP contribution is 2.26. The number of hydrogen-bond acceptors (Lipinski definition) is 4. The topological polar surface area (TPSA) is 90.3 Å². The van der Waals surface area contributed by atoms with Gasteiger partial charge in [-0.1, -0.05) is 18.2 Å². The fourth-order valence-corrected chi connectivity index (χ4v) is 4.20. The predicted octanol–water partition coefficient (Wildman–Crippen LogP) is 2.90. The lowest BCUT2D eigenvalue weighted by Crippen LogP contribution is -2.29. The molecule has 3 rings (SSSR count). The standard InChI is InChI=1S/C19H19N3O3S/c1-14-6-4-9-17(19(23)22-10-2-3-11-22)18(14)21-26(24,25)16-8-5-7-15(12-16)13-20/h4-9,12,21H,2-3,10-11H2,1H3. The van der Waals surface area contributed by atoms with Crippen LogP contribution in [0.25, 0.3) is 0 Å². The van der Waals surface area contributed by atoms with Crippen molar-refractivity contribution in [3.63, 3.8) is 0 Å². The Balaban J connectivity index is 1.99. The molecule has 134 valence electrons. The van der Waals surface area contributed by atoms with Crippen LogP contribution in [0, 0.1) is 18.3 Å². The summed E-state index contributed by atoms with van der Waals surface area (Å²) in [5.74, 6) is -0.172. The van der Waals surface area contributed by atoms with E-state index in [1.807, 2.05) is 6.07 Å². The maximum atomic E-state index is 12.8. The third kappa shape index (κ3) is 3.55. The normalized spacial score (nSPS) is 14.1. The summed E-state index contributed by atoms with van der Waals surface area (Å²) < 4.78 is 28.1. The molecule has 2 aromatic carbocycles. The van der Waals surface area contributed by atoms with Crippen LogP contribution in [0.3, 0.4) is 0 Å². The van der Waals surface area contributed by atoms with Crippen LogP contribution in [-0.2, 0) is 10.0 Å². The number of amides is 1. The predicted molar refractivity (Wildman–Crippen MR) is 98.3 cm³/mol. The third-order valence-corrected chi connectivity index (χ3v) is 5.75. The number of nitrogens with zero attached hydrogens (tertiary/aromatic N) is 2. The van der Waals surface area contributed by atoms with Crippen LogP contribution in [0.1, 0.15) is 34.3 Å². The maximum Gasteiger partial charge on any atom is 0.261 e. The van der Waals surface area contributed by atoms with Gasteiger partial charge in [-0.05, 0) is 49.6 Å². The first-order valence-corrected chi connectivity index (χ1v) is 9.82. The number of carbonyl (C=O) groups is 1.